The topological polar surface area (TPSA) is 55.1 Å². The highest BCUT2D eigenvalue weighted by atomic mass is 15.3. The standard InChI is InChI=1S/C10H15N5/c1-4-8(11-3)10-14-13-9-5-7(2)12-6-15(9)10/h5-6,8,11H,4H2,1-3H3. The zero-order valence-electron chi connectivity index (χ0n) is 9.23. The van der Waals surface area contributed by atoms with Crippen molar-refractivity contribution in [3.05, 3.63) is 23.9 Å². The summed E-state index contributed by atoms with van der Waals surface area (Å²) in [5.41, 5.74) is 1.81. The smallest absolute Gasteiger partial charge is 0.163 e. The molecule has 1 atom stereocenters. The van der Waals surface area contributed by atoms with Crippen LogP contribution in [-0.2, 0) is 0 Å². The van der Waals surface area contributed by atoms with E-state index in [-0.39, 0.29) is 6.04 Å². The third-order valence-corrected chi connectivity index (χ3v) is 2.53. The molecular weight excluding hydrogens is 190 g/mol. The minimum absolute atomic E-state index is 0.226. The summed E-state index contributed by atoms with van der Waals surface area (Å²) in [6.45, 7) is 4.06. The Hall–Kier alpha value is -1.49. The van der Waals surface area contributed by atoms with Crippen LogP contribution in [0, 0.1) is 6.92 Å². The van der Waals surface area contributed by atoms with Gasteiger partial charge in [0.15, 0.2) is 11.5 Å². The van der Waals surface area contributed by atoms with Gasteiger partial charge in [0.05, 0.1) is 6.04 Å². The van der Waals surface area contributed by atoms with Gasteiger partial charge in [-0.2, -0.15) is 0 Å². The summed E-state index contributed by atoms with van der Waals surface area (Å²) in [6.07, 6.45) is 2.76. The van der Waals surface area contributed by atoms with Gasteiger partial charge in [-0.3, -0.25) is 4.40 Å². The van der Waals surface area contributed by atoms with E-state index in [2.05, 4.69) is 27.4 Å². The maximum atomic E-state index is 4.25. The average Bonchev–Trinajstić information content (AvgIpc) is 2.63. The number of hydrogen-bond acceptors (Lipinski definition) is 4. The molecule has 0 spiro atoms. The first-order valence-electron chi connectivity index (χ1n) is 5.10. The Morgan fingerprint density at radius 1 is 1.47 bits per heavy atom. The zero-order valence-corrected chi connectivity index (χ0v) is 9.23. The molecule has 0 fully saturated rings. The van der Waals surface area contributed by atoms with Crippen molar-refractivity contribution in [1.29, 1.82) is 0 Å². The average molecular weight is 205 g/mol. The lowest BCUT2D eigenvalue weighted by molar-refractivity contribution is 0.538. The lowest BCUT2D eigenvalue weighted by Gasteiger charge is -2.10. The van der Waals surface area contributed by atoms with Crippen molar-refractivity contribution in [1.82, 2.24) is 24.9 Å². The van der Waals surface area contributed by atoms with Crippen LogP contribution in [0.15, 0.2) is 12.4 Å². The molecule has 15 heavy (non-hydrogen) atoms. The molecule has 0 bridgehead atoms. The van der Waals surface area contributed by atoms with Crippen LogP contribution in [0.25, 0.3) is 5.65 Å². The molecule has 80 valence electrons. The normalized spacial score (nSPS) is 13.3. The first-order valence-corrected chi connectivity index (χ1v) is 5.10. The summed E-state index contributed by atoms with van der Waals surface area (Å²) >= 11 is 0. The van der Waals surface area contributed by atoms with Gasteiger partial charge in [0, 0.05) is 11.8 Å². The second-order valence-electron chi connectivity index (χ2n) is 3.57. The third-order valence-electron chi connectivity index (χ3n) is 2.53. The number of nitrogens with one attached hydrogen (secondary N) is 1. The van der Waals surface area contributed by atoms with Crippen LogP contribution < -0.4 is 5.32 Å². The molecule has 1 N–H and O–H groups in total. The minimum Gasteiger partial charge on any atom is -0.310 e. The monoisotopic (exact) mass is 205 g/mol. The summed E-state index contributed by atoms with van der Waals surface area (Å²) in [5, 5.41) is 11.5. The van der Waals surface area contributed by atoms with Crippen molar-refractivity contribution in [2.45, 2.75) is 26.3 Å². The van der Waals surface area contributed by atoms with Crippen molar-refractivity contribution in [3.63, 3.8) is 0 Å². The molecule has 2 aromatic heterocycles. The quantitative estimate of drug-likeness (QED) is 0.815. The molecule has 2 aromatic rings. The predicted molar refractivity (Wildman–Crippen MR) is 57.6 cm³/mol. The van der Waals surface area contributed by atoms with Crippen LogP contribution in [0.1, 0.15) is 30.9 Å². The van der Waals surface area contributed by atoms with Gasteiger partial charge in [0.25, 0.3) is 0 Å². The minimum atomic E-state index is 0.226. The summed E-state index contributed by atoms with van der Waals surface area (Å²) in [6, 6.07) is 2.16. The molecule has 1 unspecified atom stereocenters. The van der Waals surface area contributed by atoms with Gasteiger partial charge in [-0.1, -0.05) is 6.92 Å². The van der Waals surface area contributed by atoms with E-state index < -0.39 is 0 Å². The van der Waals surface area contributed by atoms with E-state index in [1.165, 1.54) is 0 Å². The van der Waals surface area contributed by atoms with Gasteiger partial charge in [-0.25, -0.2) is 4.98 Å². The molecule has 5 heteroatoms. The van der Waals surface area contributed by atoms with E-state index in [9.17, 15) is 0 Å². The van der Waals surface area contributed by atoms with Crippen molar-refractivity contribution in [3.8, 4) is 0 Å². The van der Waals surface area contributed by atoms with E-state index in [4.69, 9.17) is 0 Å². The predicted octanol–water partition coefficient (Wildman–Crippen LogP) is 1.10. The highest BCUT2D eigenvalue weighted by molar-refractivity contribution is 5.38. The van der Waals surface area contributed by atoms with Gasteiger partial charge >= 0.3 is 0 Å². The Morgan fingerprint density at radius 2 is 2.27 bits per heavy atom. The summed E-state index contributed by atoms with van der Waals surface area (Å²) in [7, 11) is 1.93. The fourth-order valence-corrected chi connectivity index (χ4v) is 1.66. The Labute approximate surface area is 88.6 Å². The molecule has 0 aliphatic heterocycles. The molecule has 0 amide bonds. The largest absolute Gasteiger partial charge is 0.310 e. The second kappa shape index (κ2) is 3.94. The van der Waals surface area contributed by atoms with Gasteiger partial charge < -0.3 is 5.32 Å². The zero-order chi connectivity index (χ0) is 10.8. The molecule has 0 saturated carbocycles. The van der Waals surface area contributed by atoms with Crippen molar-refractivity contribution < 1.29 is 0 Å². The molecule has 0 aromatic carbocycles. The lowest BCUT2D eigenvalue weighted by atomic mass is 10.2. The molecule has 0 aliphatic carbocycles. The number of rotatable bonds is 3. The molecule has 5 nitrogen and oxygen atoms in total. The Kier molecular flexibility index (Phi) is 2.64. The van der Waals surface area contributed by atoms with Crippen LogP contribution in [0.2, 0.25) is 0 Å². The van der Waals surface area contributed by atoms with Crippen LogP contribution in [0.5, 0.6) is 0 Å². The van der Waals surface area contributed by atoms with E-state index in [1.54, 1.807) is 6.33 Å². The molecule has 2 rings (SSSR count). The molecular formula is C10H15N5. The first kappa shape index (κ1) is 10.0. The van der Waals surface area contributed by atoms with Crippen LogP contribution in [-0.4, -0.2) is 26.6 Å². The van der Waals surface area contributed by atoms with Crippen LogP contribution >= 0.6 is 0 Å². The van der Waals surface area contributed by atoms with E-state index >= 15 is 0 Å². The van der Waals surface area contributed by atoms with Crippen molar-refractivity contribution in [2.24, 2.45) is 0 Å². The first-order chi connectivity index (χ1) is 7.26. The SMILES string of the molecule is CCC(NC)c1nnc2cc(C)ncn12. The Morgan fingerprint density at radius 3 is 2.93 bits per heavy atom. The van der Waals surface area contributed by atoms with Crippen molar-refractivity contribution in [2.75, 3.05) is 7.05 Å². The van der Waals surface area contributed by atoms with Crippen molar-refractivity contribution >= 4 is 5.65 Å². The van der Waals surface area contributed by atoms with Gasteiger partial charge in [-0.15, -0.1) is 10.2 Å². The fourth-order valence-electron chi connectivity index (χ4n) is 1.66. The molecule has 0 saturated heterocycles. The van der Waals surface area contributed by atoms with Crippen LogP contribution in [0.4, 0.5) is 0 Å². The van der Waals surface area contributed by atoms with Gasteiger partial charge in [-0.05, 0) is 20.4 Å². The number of nitrogens with zero attached hydrogens (tertiary/aromatic N) is 4. The second-order valence-corrected chi connectivity index (χ2v) is 3.57. The molecule has 2 heterocycles. The summed E-state index contributed by atoms with van der Waals surface area (Å²) in [4.78, 5) is 4.25. The van der Waals surface area contributed by atoms with Crippen LogP contribution in [0.3, 0.4) is 0 Å². The molecule has 0 radical (unpaired) electrons. The summed E-state index contributed by atoms with van der Waals surface area (Å²) in [5.74, 6) is 0.919. The fraction of sp³-hybridized carbons (Fsp3) is 0.500. The number of aromatic nitrogens is 4. The number of fused-ring (bicyclic) bond motifs is 1. The third kappa shape index (κ3) is 1.70. The maximum absolute atomic E-state index is 4.25. The van der Waals surface area contributed by atoms with Gasteiger partial charge in [0.2, 0.25) is 0 Å². The van der Waals surface area contributed by atoms with E-state index in [0.29, 0.717) is 0 Å². The summed E-state index contributed by atoms with van der Waals surface area (Å²) < 4.78 is 1.93. The highest BCUT2D eigenvalue weighted by Gasteiger charge is 2.14. The Balaban J connectivity index is 2.53. The van der Waals surface area contributed by atoms with Gasteiger partial charge in [0.1, 0.15) is 6.33 Å². The van der Waals surface area contributed by atoms with E-state index in [1.807, 2.05) is 24.4 Å². The Bertz CT molecular complexity index is 458. The number of hydrogen-bond donors (Lipinski definition) is 1. The number of aryl methyl sites for hydroxylation is 1. The van der Waals surface area contributed by atoms with E-state index in [0.717, 1.165) is 23.6 Å². The lowest BCUT2D eigenvalue weighted by Crippen LogP contribution is -2.18. The molecule has 0 aliphatic rings. The highest BCUT2D eigenvalue weighted by Crippen LogP contribution is 2.14. The maximum Gasteiger partial charge on any atom is 0.163 e.